The van der Waals surface area contributed by atoms with Gasteiger partial charge in [-0.05, 0) is 26.0 Å². The van der Waals surface area contributed by atoms with E-state index in [2.05, 4.69) is 4.98 Å². The number of likely N-dealkylation sites (N-methyl/N-ethyl adjacent to an activating group) is 1. The highest BCUT2D eigenvalue weighted by Gasteiger charge is 2.10. The van der Waals surface area contributed by atoms with Gasteiger partial charge in [-0.1, -0.05) is 0 Å². The molecule has 0 fully saturated rings. The zero-order valence-corrected chi connectivity index (χ0v) is 10.5. The van der Waals surface area contributed by atoms with E-state index in [1.54, 1.807) is 23.2 Å². The van der Waals surface area contributed by atoms with Crippen molar-refractivity contribution in [2.45, 2.75) is 20.3 Å². The van der Waals surface area contributed by atoms with Crippen molar-refractivity contribution in [2.24, 2.45) is 0 Å². The summed E-state index contributed by atoms with van der Waals surface area (Å²) < 4.78 is 0. The summed E-state index contributed by atoms with van der Waals surface area (Å²) in [6.07, 6.45) is 1.92. The lowest BCUT2D eigenvalue weighted by molar-refractivity contribution is -0.130. The third-order valence-electron chi connectivity index (χ3n) is 2.30. The maximum Gasteiger partial charge on any atom is 0.228 e. The molecule has 0 saturated heterocycles. The molecule has 0 unspecified atom stereocenters. The van der Waals surface area contributed by atoms with Crippen molar-refractivity contribution in [1.29, 1.82) is 0 Å². The highest BCUT2D eigenvalue weighted by Crippen LogP contribution is 2.03. The largest absolute Gasteiger partial charge is 0.397 e. The molecule has 4 nitrogen and oxygen atoms in total. The van der Waals surface area contributed by atoms with E-state index in [1.807, 2.05) is 13.8 Å². The van der Waals surface area contributed by atoms with Crippen LogP contribution in [0.5, 0.6) is 0 Å². The molecule has 1 heterocycles. The monoisotopic (exact) mass is 243 g/mol. The highest BCUT2D eigenvalue weighted by atomic mass is 35.5. The Bertz CT molecular complexity index is 323. The van der Waals surface area contributed by atoms with Gasteiger partial charge in [0.25, 0.3) is 0 Å². The van der Waals surface area contributed by atoms with Crippen molar-refractivity contribution in [3.05, 3.63) is 24.0 Å². The number of pyridine rings is 1. The number of hydrogen-bond donors (Lipinski definition) is 1. The minimum atomic E-state index is 0. The van der Waals surface area contributed by atoms with Gasteiger partial charge >= 0.3 is 0 Å². The van der Waals surface area contributed by atoms with Gasteiger partial charge in [0.1, 0.15) is 0 Å². The van der Waals surface area contributed by atoms with Gasteiger partial charge in [0, 0.05) is 18.8 Å². The molecular formula is C11H18ClN3O. The van der Waals surface area contributed by atoms with Crippen LogP contribution < -0.4 is 5.73 Å². The number of carbonyl (C=O) groups excluding carboxylic acids is 1. The van der Waals surface area contributed by atoms with E-state index in [4.69, 9.17) is 5.73 Å². The van der Waals surface area contributed by atoms with Gasteiger partial charge in [0.15, 0.2) is 0 Å². The number of halogens is 1. The molecule has 5 heteroatoms. The minimum Gasteiger partial charge on any atom is -0.397 e. The Morgan fingerprint density at radius 3 is 2.44 bits per heavy atom. The van der Waals surface area contributed by atoms with Gasteiger partial charge in [-0.15, -0.1) is 12.4 Å². The Morgan fingerprint density at radius 2 is 2.00 bits per heavy atom. The average Bonchev–Trinajstić information content (AvgIpc) is 2.23. The Hall–Kier alpha value is -1.29. The van der Waals surface area contributed by atoms with Crippen LogP contribution in [0.4, 0.5) is 5.69 Å². The molecule has 0 aromatic carbocycles. The Labute approximate surface area is 102 Å². The van der Waals surface area contributed by atoms with Crippen LogP contribution in [0.1, 0.15) is 19.5 Å². The van der Waals surface area contributed by atoms with Crippen LogP contribution in [0.15, 0.2) is 18.3 Å². The molecular weight excluding hydrogens is 226 g/mol. The third kappa shape index (κ3) is 4.06. The van der Waals surface area contributed by atoms with Gasteiger partial charge < -0.3 is 10.6 Å². The quantitative estimate of drug-likeness (QED) is 0.872. The standard InChI is InChI=1S/C11H17N3O.ClH/c1-3-14(4-2)11(15)7-10-6-5-9(12)8-13-10;/h5-6,8H,3-4,7,12H2,1-2H3;1H. The molecule has 0 bridgehead atoms. The van der Waals surface area contributed by atoms with Crippen LogP contribution in [0.25, 0.3) is 0 Å². The van der Waals surface area contributed by atoms with Gasteiger partial charge in [-0.2, -0.15) is 0 Å². The number of nitrogens with two attached hydrogens (primary N) is 1. The normalized spacial score (nSPS) is 9.38. The Balaban J connectivity index is 0.00000225. The number of anilines is 1. The topological polar surface area (TPSA) is 59.2 Å². The number of rotatable bonds is 4. The fourth-order valence-electron chi connectivity index (χ4n) is 1.38. The van der Waals surface area contributed by atoms with Crippen molar-refractivity contribution < 1.29 is 4.79 Å². The SMILES string of the molecule is CCN(CC)C(=O)Cc1ccc(N)cn1.Cl. The van der Waals surface area contributed by atoms with E-state index in [-0.39, 0.29) is 18.3 Å². The molecule has 0 aliphatic rings. The van der Waals surface area contributed by atoms with E-state index >= 15 is 0 Å². The van der Waals surface area contributed by atoms with E-state index < -0.39 is 0 Å². The maximum atomic E-state index is 11.7. The molecule has 0 aliphatic carbocycles. The summed E-state index contributed by atoms with van der Waals surface area (Å²) in [5, 5.41) is 0. The van der Waals surface area contributed by atoms with Crippen LogP contribution >= 0.6 is 12.4 Å². The number of aromatic nitrogens is 1. The zero-order valence-electron chi connectivity index (χ0n) is 9.64. The first kappa shape index (κ1) is 14.7. The van der Waals surface area contributed by atoms with Gasteiger partial charge in [-0.3, -0.25) is 9.78 Å². The fourth-order valence-corrected chi connectivity index (χ4v) is 1.38. The lowest BCUT2D eigenvalue weighted by Gasteiger charge is -2.18. The van der Waals surface area contributed by atoms with Crippen molar-refractivity contribution in [3.8, 4) is 0 Å². The summed E-state index contributed by atoms with van der Waals surface area (Å²) in [7, 11) is 0. The summed E-state index contributed by atoms with van der Waals surface area (Å²) in [4.78, 5) is 17.6. The maximum absolute atomic E-state index is 11.7. The second-order valence-corrected chi connectivity index (χ2v) is 3.33. The summed E-state index contributed by atoms with van der Waals surface area (Å²) in [6, 6.07) is 3.55. The second-order valence-electron chi connectivity index (χ2n) is 3.33. The molecule has 0 aliphatic heterocycles. The van der Waals surface area contributed by atoms with Gasteiger partial charge in [0.05, 0.1) is 18.3 Å². The van der Waals surface area contributed by atoms with Crippen molar-refractivity contribution in [3.63, 3.8) is 0 Å². The molecule has 0 spiro atoms. The molecule has 1 rings (SSSR count). The number of hydrogen-bond acceptors (Lipinski definition) is 3. The highest BCUT2D eigenvalue weighted by molar-refractivity contribution is 5.85. The molecule has 90 valence electrons. The van der Waals surface area contributed by atoms with Crippen LogP contribution in [0.2, 0.25) is 0 Å². The average molecular weight is 244 g/mol. The molecule has 0 atom stereocenters. The molecule has 1 amide bonds. The zero-order chi connectivity index (χ0) is 11.3. The summed E-state index contributed by atoms with van der Waals surface area (Å²) >= 11 is 0. The molecule has 2 N–H and O–H groups in total. The predicted octanol–water partition coefficient (Wildman–Crippen LogP) is 1.50. The second kappa shape index (κ2) is 7.06. The number of amides is 1. The lowest BCUT2D eigenvalue weighted by atomic mass is 10.2. The molecule has 0 saturated carbocycles. The Kier molecular flexibility index (Phi) is 6.49. The minimum absolute atomic E-state index is 0. The van der Waals surface area contributed by atoms with Crippen LogP contribution in [-0.2, 0) is 11.2 Å². The van der Waals surface area contributed by atoms with Crippen molar-refractivity contribution >= 4 is 24.0 Å². The Morgan fingerprint density at radius 1 is 1.38 bits per heavy atom. The number of nitrogens with zero attached hydrogens (tertiary/aromatic N) is 2. The summed E-state index contributed by atoms with van der Waals surface area (Å²) in [5.41, 5.74) is 6.90. The van der Waals surface area contributed by atoms with Gasteiger partial charge in [-0.25, -0.2) is 0 Å². The molecule has 1 aromatic heterocycles. The van der Waals surface area contributed by atoms with Crippen LogP contribution in [0, 0.1) is 0 Å². The first-order valence-electron chi connectivity index (χ1n) is 5.15. The van der Waals surface area contributed by atoms with E-state index in [9.17, 15) is 4.79 Å². The first-order valence-corrected chi connectivity index (χ1v) is 5.15. The van der Waals surface area contributed by atoms with Crippen molar-refractivity contribution in [2.75, 3.05) is 18.8 Å². The van der Waals surface area contributed by atoms with E-state index in [0.717, 1.165) is 18.8 Å². The lowest BCUT2D eigenvalue weighted by Crippen LogP contribution is -2.31. The first-order chi connectivity index (χ1) is 7.17. The van der Waals surface area contributed by atoms with Crippen LogP contribution in [0.3, 0.4) is 0 Å². The van der Waals surface area contributed by atoms with Crippen molar-refractivity contribution in [1.82, 2.24) is 9.88 Å². The van der Waals surface area contributed by atoms with Gasteiger partial charge in [0.2, 0.25) is 5.91 Å². The fraction of sp³-hybridized carbons (Fsp3) is 0.455. The summed E-state index contributed by atoms with van der Waals surface area (Å²) in [5.74, 6) is 0.109. The third-order valence-corrected chi connectivity index (χ3v) is 2.30. The van der Waals surface area contributed by atoms with Crippen LogP contribution in [-0.4, -0.2) is 28.9 Å². The van der Waals surface area contributed by atoms with E-state index in [0.29, 0.717) is 12.1 Å². The number of nitrogen functional groups attached to an aromatic ring is 1. The smallest absolute Gasteiger partial charge is 0.228 e. The molecule has 0 radical (unpaired) electrons. The predicted molar refractivity (Wildman–Crippen MR) is 67.5 cm³/mol. The molecule has 16 heavy (non-hydrogen) atoms. The molecule has 1 aromatic rings. The number of carbonyl (C=O) groups is 1. The summed E-state index contributed by atoms with van der Waals surface area (Å²) in [6.45, 7) is 5.42. The van der Waals surface area contributed by atoms with E-state index in [1.165, 1.54) is 0 Å².